The van der Waals surface area contributed by atoms with Crippen LogP contribution in [0.2, 0.25) is 0 Å². The number of hydrogen-bond acceptors (Lipinski definition) is 3. The Morgan fingerprint density at radius 1 is 1.57 bits per heavy atom. The highest BCUT2D eigenvalue weighted by molar-refractivity contribution is 5.40. The second-order valence-corrected chi connectivity index (χ2v) is 3.05. The van der Waals surface area contributed by atoms with Crippen molar-refractivity contribution in [2.75, 3.05) is 6.61 Å². The molecule has 2 aromatic rings. The van der Waals surface area contributed by atoms with Crippen molar-refractivity contribution in [3.8, 4) is 0 Å². The van der Waals surface area contributed by atoms with E-state index < -0.39 is 6.04 Å². The quantitative estimate of drug-likeness (QED) is 0.732. The van der Waals surface area contributed by atoms with Gasteiger partial charge in [-0.15, -0.1) is 0 Å². The zero-order chi connectivity index (χ0) is 10.1. The van der Waals surface area contributed by atoms with E-state index >= 15 is 0 Å². The molecule has 14 heavy (non-hydrogen) atoms. The van der Waals surface area contributed by atoms with Crippen molar-refractivity contribution in [1.82, 2.24) is 9.38 Å². The smallest absolute Gasteiger partial charge is 0.139 e. The number of nitrogens with zero attached hydrogens (tertiary/aromatic N) is 2. The maximum Gasteiger partial charge on any atom is 0.139 e. The summed E-state index contributed by atoms with van der Waals surface area (Å²) in [6, 6.07) is 2.35. The molecule has 0 aliphatic carbocycles. The standard InChI is InChI=1S/C9H10FN3O/c10-6-1-2-9-12-3-8(7(11)5-14)13(9)4-6/h1-4,7,14H,5,11H2. The Morgan fingerprint density at radius 3 is 3.07 bits per heavy atom. The topological polar surface area (TPSA) is 63.5 Å². The van der Waals surface area contributed by atoms with Crippen molar-refractivity contribution >= 4 is 5.65 Å². The van der Waals surface area contributed by atoms with Gasteiger partial charge in [0.15, 0.2) is 0 Å². The molecule has 0 radical (unpaired) electrons. The number of nitrogens with two attached hydrogens (primary N) is 1. The van der Waals surface area contributed by atoms with Crippen molar-refractivity contribution in [3.63, 3.8) is 0 Å². The van der Waals surface area contributed by atoms with E-state index in [1.165, 1.54) is 22.9 Å². The van der Waals surface area contributed by atoms with Crippen LogP contribution < -0.4 is 5.73 Å². The minimum Gasteiger partial charge on any atom is -0.394 e. The number of imidazole rings is 1. The SMILES string of the molecule is NC(CO)c1cnc2ccc(F)cn12. The molecule has 3 N–H and O–H groups in total. The first-order valence-electron chi connectivity index (χ1n) is 4.21. The van der Waals surface area contributed by atoms with E-state index in [1.54, 1.807) is 6.07 Å². The van der Waals surface area contributed by atoms with Crippen LogP contribution in [-0.4, -0.2) is 21.1 Å². The Balaban J connectivity index is 2.61. The van der Waals surface area contributed by atoms with Crippen molar-refractivity contribution < 1.29 is 9.50 Å². The van der Waals surface area contributed by atoms with Gasteiger partial charge in [0.1, 0.15) is 11.5 Å². The van der Waals surface area contributed by atoms with Crippen molar-refractivity contribution in [2.45, 2.75) is 6.04 Å². The van der Waals surface area contributed by atoms with Crippen LogP contribution in [0, 0.1) is 5.82 Å². The Kier molecular flexibility index (Phi) is 2.18. The molecule has 74 valence electrons. The maximum absolute atomic E-state index is 12.9. The van der Waals surface area contributed by atoms with E-state index in [0.29, 0.717) is 11.3 Å². The van der Waals surface area contributed by atoms with Gasteiger partial charge in [-0.1, -0.05) is 0 Å². The molecule has 0 aromatic carbocycles. The molecule has 2 rings (SSSR count). The molecule has 5 heteroatoms. The van der Waals surface area contributed by atoms with Gasteiger partial charge in [0.2, 0.25) is 0 Å². The first-order valence-corrected chi connectivity index (χ1v) is 4.21. The molecular weight excluding hydrogens is 185 g/mol. The zero-order valence-corrected chi connectivity index (χ0v) is 7.39. The van der Waals surface area contributed by atoms with E-state index in [1.807, 2.05) is 0 Å². The van der Waals surface area contributed by atoms with Gasteiger partial charge < -0.3 is 10.8 Å². The number of aromatic nitrogens is 2. The van der Waals surface area contributed by atoms with E-state index in [4.69, 9.17) is 10.8 Å². The molecule has 0 spiro atoms. The molecule has 0 saturated heterocycles. The van der Waals surface area contributed by atoms with Gasteiger partial charge in [-0.3, -0.25) is 4.40 Å². The van der Waals surface area contributed by atoms with E-state index in [0.717, 1.165) is 0 Å². The second kappa shape index (κ2) is 3.36. The van der Waals surface area contributed by atoms with Gasteiger partial charge >= 0.3 is 0 Å². The monoisotopic (exact) mass is 195 g/mol. The molecular formula is C9H10FN3O. The molecule has 2 aromatic heterocycles. The third-order valence-electron chi connectivity index (χ3n) is 2.07. The van der Waals surface area contributed by atoms with Crippen LogP contribution in [0.25, 0.3) is 5.65 Å². The molecule has 0 amide bonds. The maximum atomic E-state index is 12.9. The molecule has 0 saturated carbocycles. The van der Waals surface area contributed by atoms with Crippen LogP contribution in [0.3, 0.4) is 0 Å². The summed E-state index contributed by atoms with van der Waals surface area (Å²) in [7, 11) is 0. The summed E-state index contributed by atoms with van der Waals surface area (Å²) in [5.74, 6) is -0.359. The van der Waals surface area contributed by atoms with E-state index in [9.17, 15) is 4.39 Å². The largest absolute Gasteiger partial charge is 0.394 e. The number of rotatable bonds is 2. The Morgan fingerprint density at radius 2 is 2.36 bits per heavy atom. The minimum atomic E-state index is -0.535. The lowest BCUT2D eigenvalue weighted by Gasteiger charge is -2.07. The van der Waals surface area contributed by atoms with Crippen LogP contribution in [0.15, 0.2) is 24.5 Å². The predicted molar refractivity (Wildman–Crippen MR) is 49.2 cm³/mol. The molecule has 0 bridgehead atoms. The Bertz CT molecular complexity index is 454. The van der Waals surface area contributed by atoms with Gasteiger partial charge in [0, 0.05) is 6.20 Å². The summed E-state index contributed by atoms with van der Waals surface area (Å²) in [5.41, 5.74) is 6.84. The predicted octanol–water partition coefficient (Wildman–Crippen LogP) is 0.465. The summed E-state index contributed by atoms with van der Waals surface area (Å²) >= 11 is 0. The highest BCUT2D eigenvalue weighted by Crippen LogP contribution is 2.13. The fraction of sp³-hybridized carbons (Fsp3) is 0.222. The van der Waals surface area contributed by atoms with Crippen molar-refractivity contribution in [3.05, 3.63) is 36.0 Å². The molecule has 4 nitrogen and oxygen atoms in total. The zero-order valence-electron chi connectivity index (χ0n) is 7.39. The third kappa shape index (κ3) is 1.36. The van der Waals surface area contributed by atoms with Crippen molar-refractivity contribution in [2.24, 2.45) is 5.73 Å². The molecule has 2 heterocycles. The Hall–Kier alpha value is -1.46. The molecule has 1 atom stereocenters. The second-order valence-electron chi connectivity index (χ2n) is 3.05. The number of aliphatic hydroxyl groups excluding tert-OH is 1. The number of fused-ring (bicyclic) bond motifs is 1. The average Bonchev–Trinajstić information content (AvgIpc) is 2.59. The molecule has 1 unspecified atom stereocenters. The van der Waals surface area contributed by atoms with Gasteiger partial charge in [0.05, 0.1) is 24.5 Å². The molecule has 0 aliphatic rings. The van der Waals surface area contributed by atoms with Crippen LogP contribution in [0.4, 0.5) is 4.39 Å². The van der Waals surface area contributed by atoms with Gasteiger partial charge in [0.25, 0.3) is 0 Å². The van der Waals surface area contributed by atoms with Crippen molar-refractivity contribution in [1.29, 1.82) is 0 Å². The normalized spacial score (nSPS) is 13.4. The fourth-order valence-corrected chi connectivity index (χ4v) is 1.34. The minimum absolute atomic E-state index is 0.190. The number of halogens is 1. The first-order chi connectivity index (χ1) is 6.72. The van der Waals surface area contributed by atoms with Crippen LogP contribution in [0.5, 0.6) is 0 Å². The molecule has 0 fully saturated rings. The summed E-state index contributed by atoms with van der Waals surface area (Å²) < 4.78 is 14.4. The average molecular weight is 195 g/mol. The number of aliphatic hydroxyl groups is 1. The summed E-state index contributed by atoms with van der Waals surface area (Å²) in [6.07, 6.45) is 2.84. The fourth-order valence-electron chi connectivity index (χ4n) is 1.34. The van der Waals surface area contributed by atoms with Gasteiger partial charge in [-0.25, -0.2) is 9.37 Å². The third-order valence-corrected chi connectivity index (χ3v) is 2.07. The van der Waals surface area contributed by atoms with E-state index in [-0.39, 0.29) is 12.4 Å². The molecule has 0 aliphatic heterocycles. The summed E-state index contributed by atoms with van der Waals surface area (Å²) in [6.45, 7) is -0.190. The van der Waals surface area contributed by atoms with Crippen LogP contribution in [-0.2, 0) is 0 Å². The highest BCUT2D eigenvalue weighted by atomic mass is 19.1. The Labute approximate surface area is 79.8 Å². The van der Waals surface area contributed by atoms with Crippen LogP contribution in [0.1, 0.15) is 11.7 Å². The lowest BCUT2D eigenvalue weighted by atomic mass is 10.2. The number of hydrogen-bond donors (Lipinski definition) is 2. The highest BCUT2D eigenvalue weighted by Gasteiger charge is 2.10. The van der Waals surface area contributed by atoms with E-state index in [2.05, 4.69) is 4.98 Å². The lowest BCUT2D eigenvalue weighted by molar-refractivity contribution is 0.265. The number of pyridine rings is 1. The lowest BCUT2D eigenvalue weighted by Crippen LogP contribution is -2.16. The summed E-state index contributed by atoms with van der Waals surface area (Å²) in [4.78, 5) is 4.03. The van der Waals surface area contributed by atoms with Gasteiger partial charge in [-0.2, -0.15) is 0 Å². The first kappa shape index (κ1) is 9.11. The van der Waals surface area contributed by atoms with Crippen LogP contribution >= 0.6 is 0 Å². The van der Waals surface area contributed by atoms with Gasteiger partial charge in [-0.05, 0) is 12.1 Å². The summed E-state index contributed by atoms with van der Waals surface area (Å²) in [5, 5.41) is 8.88.